The maximum atomic E-state index is 6.39. The Labute approximate surface area is 120 Å². The minimum Gasteiger partial charge on any atom is -0.496 e. The summed E-state index contributed by atoms with van der Waals surface area (Å²) in [5.74, 6) is 1.65. The zero-order chi connectivity index (χ0) is 14.5. The van der Waals surface area contributed by atoms with E-state index in [0.29, 0.717) is 6.61 Å². The van der Waals surface area contributed by atoms with Gasteiger partial charge in [0.05, 0.1) is 19.8 Å². The van der Waals surface area contributed by atoms with E-state index in [-0.39, 0.29) is 6.04 Å². The van der Waals surface area contributed by atoms with Crippen LogP contribution in [0.3, 0.4) is 0 Å². The smallest absolute Gasteiger partial charge is 0.123 e. The van der Waals surface area contributed by atoms with Crippen LogP contribution >= 0.6 is 0 Å². The lowest BCUT2D eigenvalue weighted by atomic mass is 9.97. The Morgan fingerprint density at radius 1 is 1.15 bits per heavy atom. The molecule has 1 unspecified atom stereocenters. The van der Waals surface area contributed by atoms with Crippen molar-refractivity contribution in [2.75, 3.05) is 13.7 Å². The van der Waals surface area contributed by atoms with E-state index in [1.165, 1.54) is 0 Å². The molecule has 20 heavy (non-hydrogen) atoms. The van der Waals surface area contributed by atoms with Crippen molar-refractivity contribution in [3.05, 3.63) is 59.2 Å². The van der Waals surface area contributed by atoms with E-state index in [9.17, 15) is 0 Å². The standard InChI is InChI=1S/C17H21NO2/c1-4-20-14-7-5-6-13(11-14)17(18)15-10-12(2)8-9-16(15)19-3/h5-11,17H,4,18H2,1-3H3. The molecule has 0 bridgehead atoms. The highest BCUT2D eigenvalue weighted by Gasteiger charge is 2.14. The first-order chi connectivity index (χ1) is 9.65. The number of aryl methyl sites for hydroxylation is 1. The van der Waals surface area contributed by atoms with Gasteiger partial charge in [0.1, 0.15) is 11.5 Å². The van der Waals surface area contributed by atoms with Crippen LogP contribution in [0, 0.1) is 6.92 Å². The maximum Gasteiger partial charge on any atom is 0.123 e. The van der Waals surface area contributed by atoms with Crippen LogP contribution in [0.1, 0.15) is 29.7 Å². The van der Waals surface area contributed by atoms with E-state index in [0.717, 1.165) is 28.2 Å². The first-order valence-corrected chi connectivity index (χ1v) is 6.78. The van der Waals surface area contributed by atoms with E-state index in [2.05, 4.69) is 6.07 Å². The molecule has 106 valence electrons. The van der Waals surface area contributed by atoms with Crippen LogP contribution in [0.4, 0.5) is 0 Å². The second-order valence-electron chi connectivity index (χ2n) is 4.73. The zero-order valence-corrected chi connectivity index (χ0v) is 12.2. The molecule has 2 rings (SSSR count). The minimum atomic E-state index is -0.231. The van der Waals surface area contributed by atoms with Crippen molar-refractivity contribution in [2.24, 2.45) is 5.73 Å². The topological polar surface area (TPSA) is 44.5 Å². The Morgan fingerprint density at radius 3 is 2.65 bits per heavy atom. The molecule has 0 aliphatic carbocycles. The van der Waals surface area contributed by atoms with Crippen molar-refractivity contribution in [3.63, 3.8) is 0 Å². The fourth-order valence-corrected chi connectivity index (χ4v) is 2.24. The van der Waals surface area contributed by atoms with Crippen molar-refractivity contribution in [1.82, 2.24) is 0 Å². The van der Waals surface area contributed by atoms with Crippen LogP contribution in [-0.4, -0.2) is 13.7 Å². The van der Waals surface area contributed by atoms with Gasteiger partial charge in [-0.05, 0) is 37.6 Å². The Morgan fingerprint density at radius 2 is 1.95 bits per heavy atom. The number of hydrogen-bond donors (Lipinski definition) is 1. The highest BCUT2D eigenvalue weighted by molar-refractivity contribution is 5.44. The van der Waals surface area contributed by atoms with E-state index < -0.39 is 0 Å². The van der Waals surface area contributed by atoms with Crippen LogP contribution < -0.4 is 15.2 Å². The van der Waals surface area contributed by atoms with Gasteiger partial charge in [0.15, 0.2) is 0 Å². The summed E-state index contributed by atoms with van der Waals surface area (Å²) in [5, 5.41) is 0. The molecule has 0 aliphatic heterocycles. The molecule has 0 fully saturated rings. The zero-order valence-electron chi connectivity index (χ0n) is 12.2. The predicted molar refractivity (Wildman–Crippen MR) is 81.4 cm³/mol. The summed E-state index contributed by atoms with van der Waals surface area (Å²) in [4.78, 5) is 0. The molecule has 0 spiro atoms. The lowest BCUT2D eigenvalue weighted by molar-refractivity contribution is 0.339. The second kappa shape index (κ2) is 6.44. The average Bonchev–Trinajstić information content (AvgIpc) is 2.47. The number of hydrogen-bond acceptors (Lipinski definition) is 3. The molecule has 0 saturated carbocycles. The number of rotatable bonds is 5. The Bertz CT molecular complexity index is 581. The van der Waals surface area contributed by atoms with Gasteiger partial charge in [0, 0.05) is 5.56 Å². The SMILES string of the molecule is CCOc1cccc(C(N)c2cc(C)ccc2OC)c1. The van der Waals surface area contributed by atoms with Crippen LogP contribution in [0.2, 0.25) is 0 Å². The highest BCUT2D eigenvalue weighted by Crippen LogP contribution is 2.30. The van der Waals surface area contributed by atoms with Crippen molar-refractivity contribution in [3.8, 4) is 11.5 Å². The maximum absolute atomic E-state index is 6.39. The number of benzene rings is 2. The van der Waals surface area contributed by atoms with Crippen molar-refractivity contribution < 1.29 is 9.47 Å². The monoisotopic (exact) mass is 271 g/mol. The Hall–Kier alpha value is -2.00. The molecule has 0 aliphatic rings. The van der Waals surface area contributed by atoms with Gasteiger partial charge in [0.2, 0.25) is 0 Å². The van der Waals surface area contributed by atoms with Crippen molar-refractivity contribution in [1.29, 1.82) is 0 Å². The van der Waals surface area contributed by atoms with Gasteiger partial charge in [-0.15, -0.1) is 0 Å². The van der Waals surface area contributed by atoms with Gasteiger partial charge in [-0.2, -0.15) is 0 Å². The van der Waals surface area contributed by atoms with Gasteiger partial charge in [0.25, 0.3) is 0 Å². The summed E-state index contributed by atoms with van der Waals surface area (Å²) in [6, 6.07) is 13.7. The minimum absolute atomic E-state index is 0.231. The van der Waals surface area contributed by atoms with Crippen LogP contribution in [-0.2, 0) is 0 Å². The summed E-state index contributed by atoms with van der Waals surface area (Å²) in [5.41, 5.74) is 9.56. The summed E-state index contributed by atoms with van der Waals surface area (Å²) >= 11 is 0. The van der Waals surface area contributed by atoms with E-state index in [1.54, 1.807) is 7.11 Å². The molecule has 3 heteroatoms. The quantitative estimate of drug-likeness (QED) is 0.906. The summed E-state index contributed by atoms with van der Waals surface area (Å²) in [7, 11) is 1.66. The Balaban J connectivity index is 2.37. The molecular weight excluding hydrogens is 250 g/mol. The van der Waals surface area contributed by atoms with Gasteiger partial charge < -0.3 is 15.2 Å². The third-order valence-electron chi connectivity index (χ3n) is 3.25. The van der Waals surface area contributed by atoms with Crippen LogP contribution in [0.25, 0.3) is 0 Å². The molecule has 2 aromatic rings. The molecule has 2 N–H and O–H groups in total. The molecular formula is C17H21NO2. The molecule has 0 heterocycles. The van der Waals surface area contributed by atoms with Crippen molar-refractivity contribution >= 4 is 0 Å². The predicted octanol–water partition coefficient (Wildman–Crippen LogP) is 3.45. The normalized spacial score (nSPS) is 12.0. The lowest BCUT2D eigenvalue weighted by Gasteiger charge is -2.17. The van der Waals surface area contributed by atoms with Crippen molar-refractivity contribution in [2.45, 2.75) is 19.9 Å². The summed E-state index contributed by atoms with van der Waals surface area (Å²) in [6.07, 6.45) is 0. The first-order valence-electron chi connectivity index (χ1n) is 6.78. The lowest BCUT2D eigenvalue weighted by Crippen LogP contribution is -2.13. The highest BCUT2D eigenvalue weighted by atomic mass is 16.5. The third kappa shape index (κ3) is 3.11. The van der Waals surface area contributed by atoms with Crippen LogP contribution in [0.5, 0.6) is 11.5 Å². The molecule has 0 amide bonds. The molecule has 0 saturated heterocycles. The van der Waals surface area contributed by atoms with Gasteiger partial charge in [-0.3, -0.25) is 0 Å². The van der Waals surface area contributed by atoms with E-state index >= 15 is 0 Å². The second-order valence-corrected chi connectivity index (χ2v) is 4.73. The summed E-state index contributed by atoms with van der Waals surface area (Å²) < 4.78 is 10.9. The van der Waals surface area contributed by atoms with Gasteiger partial charge in [-0.1, -0.05) is 29.8 Å². The molecule has 0 radical (unpaired) electrons. The van der Waals surface area contributed by atoms with Crippen LogP contribution in [0.15, 0.2) is 42.5 Å². The fraction of sp³-hybridized carbons (Fsp3) is 0.294. The molecule has 2 aromatic carbocycles. The largest absolute Gasteiger partial charge is 0.496 e. The summed E-state index contributed by atoms with van der Waals surface area (Å²) in [6.45, 7) is 4.66. The average molecular weight is 271 g/mol. The van der Waals surface area contributed by atoms with Gasteiger partial charge >= 0.3 is 0 Å². The first kappa shape index (κ1) is 14.4. The molecule has 3 nitrogen and oxygen atoms in total. The van der Waals surface area contributed by atoms with Gasteiger partial charge in [-0.25, -0.2) is 0 Å². The number of nitrogens with two attached hydrogens (primary N) is 1. The third-order valence-corrected chi connectivity index (χ3v) is 3.25. The number of ether oxygens (including phenoxy) is 2. The Kier molecular flexibility index (Phi) is 4.64. The number of methoxy groups -OCH3 is 1. The fourth-order valence-electron chi connectivity index (χ4n) is 2.24. The molecule has 1 atom stereocenters. The van der Waals surface area contributed by atoms with E-state index in [4.69, 9.17) is 15.2 Å². The molecule has 0 aromatic heterocycles. The van der Waals surface area contributed by atoms with E-state index in [1.807, 2.05) is 50.2 Å².